The lowest BCUT2D eigenvalue weighted by atomic mass is 9.95. The second kappa shape index (κ2) is 5.25. The quantitative estimate of drug-likeness (QED) is 0.629. The molecule has 0 radical (unpaired) electrons. The van der Waals surface area contributed by atoms with Gasteiger partial charge in [0.15, 0.2) is 0 Å². The van der Waals surface area contributed by atoms with Gasteiger partial charge >= 0.3 is 0 Å². The lowest BCUT2D eigenvalue weighted by Crippen LogP contribution is -2.42. The molecule has 1 saturated heterocycles. The molecule has 3 rings (SSSR count). The van der Waals surface area contributed by atoms with Crippen LogP contribution in [0.15, 0.2) is 29.4 Å². The molecule has 0 bridgehead atoms. The lowest BCUT2D eigenvalue weighted by molar-refractivity contribution is -0.123. The van der Waals surface area contributed by atoms with Gasteiger partial charge in [-0.1, -0.05) is 23.4 Å². The molecule has 5 heteroatoms. The fourth-order valence-electron chi connectivity index (χ4n) is 3.01. The van der Waals surface area contributed by atoms with Gasteiger partial charge in [0.1, 0.15) is 0 Å². The van der Waals surface area contributed by atoms with Gasteiger partial charge in [0.05, 0.1) is 23.4 Å². The van der Waals surface area contributed by atoms with Crippen molar-refractivity contribution in [3.8, 4) is 0 Å². The third-order valence-electron chi connectivity index (χ3n) is 4.16. The first-order chi connectivity index (χ1) is 9.72. The van der Waals surface area contributed by atoms with Crippen molar-refractivity contribution in [2.24, 2.45) is 11.1 Å². The van der Waals surface area contributed by atoms with Crippen LogP contribution in [0.4, 0.5) is 5.69 Å². The van der Waals surface area contributed by atoms with Crippen LogP contribution in [0.25, 0.3) is 0 Å². The second-order valence-corrected chi connectivity index (χ2v) is 5.27. The standard InChI is InChI=1S/C15H18N2O3/c1-10-11(7-9-20-10)15(18)17-8-6-13(16-19)12-4-2-3-5-14(12)17/h2-5,10-11,19H,6-9H2,1H3. The Morgan fingerprint density at radius 3 is 2.95 bits per heavy atom. The van der Waals surface area contributed by atoms with Crippen molar-refractivity contribution in [3.05, 3.63) is 29.8 Å². The molecule has 2 heterocycles. The van der Waals surface area contributed by atoms with Crippen LogP contribution >= 0.6 is 0 Å². The van der Waals surface area contributed by atoms with Gasteiger partial charge in [-0.25, -0.2) is 0 Å². The molecular weight excluding hydrogens is 256 g/mol. The molecule has 2 unspecified atom stereocenters. The molecule has 0 saturated carbocycles. The van der Waals surface area contributed by atoms with Crippen molar-refractivity contribution in [1.82, 2.24) is 0 Å². The van der Waals surface area contributed by atoms with Crippen molar-refractivity contribution >= 4 is 17.3 Å². The van der Waals surface area contributed by atoms with Crippen molar-refractivity contribution < 1.29 is 14.7 Å². The Kier molecular flexibility index (Phi) is 3.44. The van der Waals surface area contributed by atoms with Crippen LogP contribution in [0, 0.1) is 5.92 Å². The Balaban J connectivity index is 1.94. The molecule has 1 amide bonds. The summed E-state index contributed by atoms with van der Waals surface area (Å²) >= 11 is 0. The monoisotopic (exact) mass is 274 g/mol. The molecule has 0 spiro atoms. The van der Waals surface area contributed by atoms with E-state index in [-0.39, 0.29) is 17.9 Å². The van der Waals surface area contributed by atoms with Crippen molar-refractivity contribution in [2.75, 3.05) is 18.1 Å². The third-order valence-corrected chi connectivity index (χ3v) is 4.16. The molecule has 2 aliphatic rings. The predicted molar refractivity (Wildman–Crippen MR) is 75.3 cm³/mol. The lowest BCUT2D eigenvalue weighted by Gasteiger charge is -2.32. The van der Waals surface area contributed by atoms with Crippen LogP contribution in [0.1, 0.15) is 25.3 Å². The number of anilines is 1. The minimum atomic E-state index is -0.0735. The summed E-state index contributed by atoms with van der Waals surface area (Å²) in [7, 11) is 0. The molecule has 20 heavy (non-hydrogen) atoms. The Labute approximate surface area is 117 Å². The van der Waals surface area contributed by atoms with E-state index in [1.165, 1.54) is 0 Å². The van der Waals surface area contributed by atoms with Crippen molar-refractivity contribution in [2.45, 2.75) is 25.9 Å². The number of carbonyl (C=O) groups is 1. The molecule has 1 aromatic carbocycles. The largest absolute Gasteiger partial charge is 0.411 e. The number of nitrogens with zero attached hydrogens (tertiary/aromatic N) is 2. The molecule has 1 N–H and O–H groups in total. The van der Waals surface area contributed by atoms with E-state index in [9.17, 15) is 4.79 Å². The number of hydrogen-bond acceptors (Lipinski definition) is 4. The van der Waals surface area contributed by atoms with Gasteiger partial charge in [0.25, 0.3) is 0 Å². The maximum Gasteiger partial charge on any atom is 0.232 e. The van der Waals surface area contributed by atoms with Gasteiger partial charge in [-0.05, 0) is 19.4 Å². The number of oxime groups is 1. The number of hydrogen-bond donors (Lipinski definition) is 1. The molecular formula is C15H18N2O3. The average Bonchev–Trinajstić information content (AvgIpc) is 2.91. The Bertz CT molecular complexity index is 556. The van der Waals surface area contributed by atoms with Crippen molar-refractivity contribution in [1.29, 1.82) is 0 Å². The summed E-state index contributed by atoms with van der Waals surface area (Å²) in [5.41, 5.74) is 2.30. The van der Waals surface area contributed by atoms with Crippen molar-refractivity contribution in [3.63, 3.8) is 0 Å². The van der Waals surface area contributed by atoms with Crippen LogP contribution in [0.2, 0.25) is 0 Å². The molecule has 1 fully saturated rings. The second-order valence-electron chi connectivity index (χ2n) is 5.27. The zero-order chi connectivity index (χ0) is 14.1. The molecule has 0 aliphatic carbocycles. The average molecular weight is 274 g/mol. The molecule has 2 atom stereocenters. The molecule has 2 aliphatic heterocycles. The first-order valence-corrected chi connectivity index (χ1v) is 6.95. The van der Waals surface area contributed by atoms with E-state index < -0.39 is 0 Å². The van der Waals surface area contributed by atoms with Crippen LogP contribution in [-0.2, 0) is 9.53 Å². The highest BCUT2D eigenvalue weighted by atomic mass is 16.5. The van der Waals surface area contributed by atoms with Gasteiger partial charge in [-0.2, -0.15) is 0 Å². The van der Waals surface area contributed by atoms with E-state index in [0.29, 0.717) is 25.3 Å². The highest BCUT2D eigenvalue weighted by Gasteiger charge is 2.36. The van der Waals surface area contributed by atoms with Crippen LogP contribution in [0.3, 0.4) is 0 Å². The van der Waals surface area contributed by atoms with Gasteiger partial charge in [0, 0.05) is 25.1 Å². The highest BCUT2D eigenvalue weighted by molar-refractivity contribution is 6.11. The van der Waals surface area contributed by atoms with Gasteiger partial charge < -0.3 is 14.8 Å². The third kappa shape index (κ3) is 2.08. The summed E-state index contributed by atoms with van der Waals surface area (Å²) in [6, 6.07) is 7.57. The number of para-hydroxylation sites is 1. The Hall–Kier alpha value is -1.88. The summed E-state index contributed by atoms with van der Waals surface area (Å²) in [6.07, 6.45) is 1.32. The van der Waals surface area contributed by atoms with Gasteiger partial charge in [-0.3, -0.25) is 4.79 Å². The first kappa shape index (κ1) is 13.1. The van der Waals surface area contributed by atoms with E-state index in [4.69, 9.17) is 9.94 Å². The summed E-state index contributed by atoms with van der Waals surface area (Å²) in [6.45, 7) is 3.15. The highest BCUT2D eigenvalue weighted by Crippen LogP contribution is 2.31. The van der Waals surface area contributed by atoms with E-state index in [1.54, 1.807) is 4.90 Å². The number of benzene rings is 1. The Morgan fingerprint density at radius 2 is 2.25 bits per heavy atom. The fraction of sp³-hybridized carbons (Fsp3) is 0.467. The summed E-state index contributed by atoms with van der Waals surface area (Å²) in [4.78, 5) is 14.5. The number of ether oxygens (including phenoxy) is 1. The summed E-state index contributed by atoms with van der Waals surface area (Å²) in [5, 5.41) is 12.4. The van der Waals surface area contributed by atoms with Crippen LogP contribution in [0.5, 0.6) is 0 Å². The minimum Gasteiger partial charge on any atom is -0.411 e. The number of fused-ring (bicyclic) bond motifs is 1. The number of rotatable bonds is 1. The van der Waals surface area contributed by atoms with E-state index in [2.05, 4.69) is 5.16 Å². The predicted octanol–water partition coefficient (Wildman–Crippen LogP) is 2.03. The van der Waals surface area contributed by atoms with E-state index in [0.717, 1.165) is 17.7 Å². The maximum absolute atomic E-state index is 12.7. The summed E-state index contributed by atoms with van der Waals surface area (Å²) in [5.74, 6) is 0.0371. The van der Waals surface area contributed by atoms with E-state index >= 15 is 0 Å². The number of amides is 1. The fourth-order valence-corrected chi connectivity index (χ4v) is 3.01. The minimum absolute atomic E-state index is 0.0254. The zero-order valence-corrected chi connectivity index (χ0v) is 11.5. The maximum atomic E-state index is 12.7. The SMILES string of the molecule is CC1OCCC1C(=O)N1CCC(=NO)c2ccccc21. The molecule has 5 nitrogen and oxygen atoms in total. The molecule has 0 aromatic heterocycles. The number of carbonyl (C=O) groups excluding carboxylic acids is 1. The van der Waals surface area contributed by atoms with Crippen LogP contribution in [-0.4, -0.2) is 36.1 Å². The van der Waals surface area contributed by atoms with Gasteiger partial charge in [0.2, 0.25) is 5.91 Å². The van der Waals surface area contributed by atoms with Crippen LogP contribution < -0.4 is 4.90 Å². The smallest absolute Gasteiger partial charge is 0.232 e. The zero-order valence-electron chi connectivity index (χ0n) is 11.5. The van der Waals surface area contributed by atoms with E-state index in [1.807, 2.05) is 31.2 Å². The normalized spacial score (nSPS) is 27.6. The molecule has 1 aromatic rings. The topological polar surface area (TPSA) is 62.1 Å². The van der Waals surface area contributed by atoms with Gasteiger partial charge in [-0.15, -0.1) is 0 Å². The first-order valence-electron chi connectivity index (χ1n) is 6.95. The molecule has 106 valence electrons. The Morgan fingerprint density at radius 1 is 1.45 bits per heavy atom. The summed E-state index contributed by atoms with van der Waals surface area (Å²) < 4.78 is 5.50.